The van der Waals surface area contributed by atoms with Crippen LogP contribution in [-0.2, 0) is 19.0 Å². The van der Waals surface area contributed by atoms with Crippen molar-refractivity contribution in [2.45, 2.75) is 31.7 Å². The summed E-state index contributed by atoms with van der Waals surface area (Å²) in [5, 5.41) is 0. The minimum atomic E-state index is -1.24. The molecule has 0 N–H and O–H groups in total. The summed E-state index contributed by atoms with van der Waals surface area (Å²) in [6.45, 7) is 1.51. The second-order valence-electron chi connectivity index (χ2n) is 7.42. The molecule has 0 radical (unpaired) electrons. The van der Waals surface area contributed by atoms with Gasteiger partial charge in [-0.15, -0.1) is 0 Å². The molecule has 7 nitrogen and oxygen atoms in total. The lowest BCUT2D eigenvalue weighted by Gasteiger charge is -2.30. The summed E-state index contributed by atoms with van der Waals surface area (Å²) < 4.78 is 16.7. The van der Waals surface area contributed by atoms with E-state index < -0.39 is 36.2 Å². The van der Waals surface area contributed by atoms with Crippen LogP contribution in [0.1, 0.15) is 44.4 Å². The molecule has 0 bridgehead atoms. The largest absolute Gasteiger partial charge is 0.455 e. The zero-order valence-electron chi connectivity index (χ0n) is 18.5. The summed E-state index contributed by atoms with van der Waals surface area (Å²) >= 11 is 0. The van der Waals surface area contributed by atoms with Gasteiger partial charge in [-0.3, -0.25) is 0 Å². The lowest BCUT2D eigenvalue weighted by atomic mass is 10.1. The molecule has 0 aliphatic rings. The van der Waals surface area contributed by atoms with Crippen molar-refractivity contribution >= 4 is 24.2 Å². The number of aldehydes is 1. The summed E-state index contributed by atoms with van der Waals surface area (Å²) in [6.07, 6.45) is -3.17. The minimum absolute atomic E-state index is 0.258. The normalized spacial score (nSPS) is 13.1. The Morgan fingerprint density at radius 2 is 1.03 bits per heavy atom. The topological polar surface area (TPSA) is 96.0 Å². The van der Waals surface area contributed by atoms with Crippen LogP contribution in [0.15, 0.2) is 91.0 Å². The smallest absolute Gasteiger partial charge is 0.338 e. The number of hydrogen-bond donors (Lipinski definition) is 0. The van der Waals surface area contributed by atoms with Gasteiger partial charge in [-0.05, 0) is 43.3 Å². The maximum Gasteiger partial charge on any atom is 0.338 e. The number of benzene rings is 3. The summed E-state index contributed by atoms with van der Waals surface area (Å²) in [5.41, 5.74) is 0.824. The number of rotatable bonds is 10. The number of carbonyl (C=O) groups is 4. The predicted octanol–water partition coefficient (Wildman–Crippen LogP) is 4.27. The van der Waals surface area contributed by atoms with Gasteiger partial charge in [-0.1, -0.05) is 54.6 Å². The molecule has 0 aliphatic heterocycles. The van der Waals surface area contributed by atoms with Crippen LogP contribution in [0.4, 0.5) is 0 Å². The summed E-state index contributed by atoms with van der Waals surface area (Å²) in [6, 6.07) is 24.7. The maximum atomic E-state index is 12.8. The molecule has 0 aromatic heterocycles. The molecule has 174 valence electrons. The first kappa shape index (κ1) is 24.4. The molecule has 3 atom stereocenters. The molecule has 3 aromatic carbocycles. The molecular formula is C27H24O7. The highest BCUT2D eigenvalue weighted by Crippen LogP contribution is 2.20. The van der Waals surface area contributed by atoms with Crippen molar-refractivity contribution in [3.63, 3.8) is 0 Å². The van der Waals surface area contributed by atoms with E-state index in [1.807, 2.05) is 0 Å². The summed E-state index contributed by atoms with van der Waals surface area (Å²) in [4.78, 5) is 49.5. The van der Waals surface area contributed by atoms with Gasteiger partial charge in [0.15, 0.2) is 6.10 Å². The van der Waals surface area contributed by atoms with Gasteiger partial charge in [-0.25, -0.2) is 14.4 Å². The summed E-state index contributed by atoms with van der Waals surface area (Å²) in [7, 11) is 0. The van der Waals surface area contributed by atoms with Crippen molar-refractivity contribution in [2.24, 2.45) is 0 Å². The highest BCUT2D eigenvalue weighted by molar-refractivity contribution is 5.91. The van der Waals surface area contributed by atoms with Gasteiger partial charge in [-0.2, -0.15) is 0 Å². The van der Waals surface area contributed by atoms with Gasteiger partial charge in [0, 0.05) is 6.42 Å². The van der Waals surface area contributed by atoms with Crippen molar-refractivity contribution in [1.29, 1.82) is 0 Å². The minimum Gasteiger partial charge on any atom is -0.455 e. The predicted molar refractivity (Wildman–Crippen MR) is 123 cm³/mol. The van der Waals surface area contributed by atoms with E-state index in [2.05, 4.69) is 0 Å². The van der Waals surface area contributed by atoms with E-state index >= 15 is 0 Å². The fraction of sp³-hybridized carbons (Fsp3) is 0.185. The zero-order valence-corrected chi connectivity index (χ0v) is 18.5. The van der Waals surface area contributed by atoms with Crippen molar-refractivity contribution < 1.29 is 33.4 Å². The molecule has 0 heterocycles. The van der Waals surface area contributed by atoms with Crippen molar-refractivity contribution in [2.75, 3.05) is 0 Å². The lowest BCUT2D eigenvalue weighted by molar-refractivity contribution is -0.115. The van der Waals surface area contributed by atoms with Crippen LogP contribution in [0, 0.1) is 0 Å². The molecule has 0 spiro atoms. The molecule has 3 rings (SSSR count). The van der Waals surface area contributed by atoms with Crippen molar-refractivity contribution in [3.05, 3.63) is 108 Å². The average molecular weight is 460 g/mol. The Morgan fingerprint density at radius 3 is 1.44 bits per heavy atom. The molecule has 0 unspecified atom stereocenters. The molecule has 0 saturated heterocycles. The standard InChI is InChI=1S/C27H24O7/c1-19(32-25(29)20-11-5-2-6-12-20)24(34-27(31)22-15-9-4-10-16-22)23(17-18-28)33-26(30)21-13-7-3-8-14-21/h2-16,18-19,23-24H,17H2,1H3/t19-,23+,24-/m1/s1. The highest BCUT2D eigenvalue weighted by Gasteiger charge is 2.36. The van der Waals surface area contributed by atoms with E-state index in [4.69, 9.17) is 14.2 Å². The van der Waals surface area contributed by atoms with Crippen LogP contribution in [0.3, 0.4) is 0 Å². The number of carbonyl (C=O) groups excluding carboxylic acids is 4. The molecule has 0 amide bonds. The van der Waals surface area contributed by atoms with E-state index in [-0.39, 0.29) is 17.5 Å². The first-order valence-electron chi connectivity index (χ1n) is 10.7. The Balaban J connectivity index is 1.85. The molecule has 0 aliphatic carbocycles. The van der Waals surface area contributed by atoms with E-state index in [0.29, 0.717) is 11.8 Å². The Kier molecular flexibility index (Phi) is 8.68. The Morgan fingerprint density at radius 1 is 0.647 bits per heavy atom. The molecule has 0 fully saturated rings. The second kappa shape index (κ2) is 12.1. The summed E-state index contributed by atoms with van der Waals surface area (Å²) in [5.74, 6) is -2.05. The van der Waals surface area contributed by atoms with Gasteiger partial charge in [0.1, 0.15) is 18.5 Å². The average Bonchev–Trinajstić information content (AvgIpc) is 2.88. The van der Waals surface area contributed by atoms with Crippen LogP contribution in [-0.4, -0.2) is 42.5 Å². The van der Waals surface area contributed by atoms with Crippen molar-refractivity contribution in [3.8, 4) is 0 Å². The Bertz CT molecular complexity index is 1100. The second-order valence-corrected chi connectivity index (χ2v) is 7.42. The third-order valence-electron chi connectivity index (χ3n) is 4.98. The van der Waals surface area contributed by atoms with E-state index in [0.717, 1.165) is 0 Å². The van der Waals surface area contributed by atoms with Gasteiger partial charge in [0.25, 0.3) is 0 Å². The fourth-order valence-corrected chi connectivity index (χ4v) is 3.24. The van der Waals surface area contributed by atoms with E-state index in [1.165, 1.54) is 6.92 Å². The lowest BCUT2D eigenvalue weighted by Crippen LogP contribution is -2.44. The molecule has 34 heavy (non-hydrogen) atoms. The van der Waals surface area contributed by atoms with Crippen LogP contribution >= 0.6 is 0 Å². The van der Waals surface area contributed by atoms with E-state index in [1.54, 1.807) is 91.0 Å². The van der Waals surface area contributed by atoms with Crippen LogP contribution in [0.2, 0.25) is 0 Å². The van der Waals surface area contributed by atoms with Crippen LogP contribution in [0.25, 0.3) is 0 Å². The zero-order chi connectivity index (χ0) is 24.3. The van der Waals surface area contributed by atoms with Crippen molar-refractivity contribution in [1.82, 2.24) is 0 Å². The number of ether oxygens (including phenoxy) is 3. The van der Waals surface area contributed by atoms with Gasteiger partial charge in [0.05, 0.1) is 16.7 Å². The van der Waals surface area contributed by atoms with Gasteiger partial charge >= 0.3 is 17.9 Å². The molecule has 0 saturated carbocycles. The molecular weight excluding hydrogens is 436 g/mol. The SMILES string of the molecule is C[C@@H](OC(=O)c1ccccc1)[C@@H](OC(=O)c1ccccc1)[C@H](CC=O)OC(=O)c1ccccc1. The third-order valence-corrected chi connectivity index (χ3v) is 4.98. The van der Waals surface area contributed by atoms with Crippen LogP contribution in [0.5, 0.6) is 0 Å². The Hall–Kier alpha value is -4.26. The van der Waals surface area contributed by atoms with E-state index in [9.17, 15) is 19.2 Å². The van der Waals surface area contributed by atoms with Gasteiger partial charge < -0.3 is 19.0 Å². The van der Waals surface area contributed by atoms with Gasteiger partial charge in [0.2, 0.25) is 0 Å². The quantitative estimate of drug-likeness (QED) is 0.253. The highest BCUT2D eigenvalue weighted by atomic mass is 16.6. The fourth-order valence-electron chi connectivity index (χ4n) is 3.24. The number of hydrogen-bond acceptors (Lipinski definition) is 7. The first-order chi connectivity index (χ1) is 16.5. The number of esters is 3. The molecule has 7 heteroatoms. The third kappa shape index (κ3) is 6.62. The van der Waals surface area contributed by atoms with Crippen LogP contribution < -0.4 is 0 Å². The monoisotopic (exact) mass is 460 g/mol. The Labute approximate surface area is 197 Å². The maximum absolute atomic E-state index is 12.8. The first-order valence-corrected chi connectivity index (χ1v) is 10.7. The molecule has 3 aromatic rings.